The van der Waals surface area contributed by atoms with Crippen LogP contribution in [-0.4, -0.2) is 28.0 Å². The summed E-state index contributed by atoms with van der Waals surface area (Å²) in [4.78, 5) is 44.6. The number of amides is 3. The van der Waals surface area contributed by atoms with Crippen LogP contribution in [0, 0.1) is 0 Å². The number of carbonyl (C=O) groups excluding carboxylic acids is 3. The summed E-state index contributed by atoms with van der Waals surface area (Å²) < 4.78 is 0. The molecule has 3 N–H and O–H groups in total. The molecule has 1 heterocycles. The van der Waals surface area contributed by atoms with E-state index in [4.69, 9.17) is 11.6 Å². The number of aromatic nitrogens is 1. The van der Waals surface area contributed by atoms with Crippen molar-refractivity contribution >= 4 is 69.3 Å². The number of nitrogens with zero attached hydrogens (tertiary/aromatic N) is 1. The van der Waals surface area contributed by atoms with E-state index in [1.54, 1.807) is 72.8 Å². The molecule has 0 aliphatic carbocycles. The second kappa shape index (κ2) is 14.7. The standard InChI is InChI=1S/C34H27ClN4O3S2/c1-22(31(40)39-34-38-30(21-43-34)24-11-4-2-5-12-24)44-28-17-9-16-27(20-28)36-33(42)29(19-23-10-8-15-26(35)18-23)37-32(41)25-13-6-3-7-14-25/h2-22H,1H3,(H,36,42)(H,37,41)(H,38,39,40)/b29-19-. The number of hydrogen-bond donors (Lipinski definition) is 3. The lowest BCUT2D eigenvalue weighted by atomic mass is 10.1. The van der Waals surface area contributed by atoms with Crippen LogP contribution in [0.3, 0.4) is 0 Å². The molecule has 5 rings (SSSR count). The van der Waals surface area contributed by atoms with Crippen molar-refractivity contribution in [3.63, 3.8) is 0 Å². The van der Waals surface area contributed by atoms with Crippen molar-refractivity contribution in [3.05, 3.63) is 136 Å². The Morgan fingerprint density at radius 1 is 0.864 bits per heavy atom. The van der Waals surface area contributed by atoms with Crippen molar-refractivity contribution in [1.82, 2.24) is 10.3 Å². The maximum Gasteiger partial charge on any atom is 0.272 e. The maximum absolute atomic E-state index is 13.4. The topological polar surface area (TPSA) is 100 Å². The Morgan fingerprint density at radius 2 is 1.59 bits per heavy atom. The molecule has 0 saturated carbocycles. The lowest BCUT2D eigenvalue weighted by Gasteiger charge is -2.14. The van der Waals surface area contributed by atoms with E-state index in [0.29, 0.717) is 27.0 Å². The molecule has 0 fully saturated rings. The van der Waals surface area contributed by atoms with Crippen molar-refractivity contribution in [1.29, 1.82) is 0 Å². The number of hydrogen-bond acceptors (Lipinski definition) is 6. The minimum absolute atomic E-state index is 0.0465. The maximum atomic E-state index is 13.4. The molecule has 0 aliphatic rings. The molecule has 0 aliphatic heterocycles. The summed E-state index contributed by atoms with van der Waals surface area (Å²) in [5.41, 5.74) is 3.40. The fourth-order valence-electron chi connectivity index (χ4n) is 4.09. The molecule has 10 heteroatoms. The number of anilines is 2. The second-order valence-corrected chi connectivity index (χ2v) is 12.3. The molecule has 220 valence electrons. The lowest BCUT2D eigenvalue weighted by molar-refractivity contribution is -0.115. The zero-order valence-electron chi connectivity index (χ0n) is 23.5. The van der Waals surface area contributed by atoms with Crippen molar-refractivity contribution in [3.8, 4) is 11.3 Å². The van der Waals surface area contributed by atoms with Crippen LogP contribution < -0.4 is 16.0 Å². The van der Waals surface area contributed by atoms with Crippen LogP contribution >= 0.6 is 34.7 Å². The summed E-state index contributed by atoms with van der Waals surface area (Å²) in [7, 11) is 0. The molecule has 3 amide bonds. The highest BCUT2D eigenvalue weighted by Gasteiger charge is 2.18. The Balaban J connectivity index is 1.26. The third kappa shape index (κ3) is 8.44. The van der Waals surface area contributed by atoms with Crippen LogP contribution in [-0.2, 0) is 9.59 Å². The molecular formula is C34H27ClN4O3S2. The molecule has 1 atom stereocenters. The highest BCUT2D eigenvalue weighted by Crippen LogP contribution is 2.29. The molecule has 0 radical (unpaired) electrons. The number of nitrogens with one attached hydrogen (secondary N) is 3. The third-order valence-electron chi connectivity index (χ3n) is 6.27. The number of benzene rings is 4. The monoisotopic (exact) mass is 638 g/mol. The number of halogens is 1. The van der Waals surface area contributed by atoms with Gasteiger partial charge in [0.1, 0.15) is 5.70 Å². The molecule has 0 bridgehead atoms. The number of carbonyl (C=O) groups is 3. The first-order chi connectivity index (χ1) is 21.3. The normalized spacial score (nSPS) is 11.8. The first-order valence-electron chi connectivity index (χ1n) is 13.6. The van der Waals surface area contributed by atoms with Gasteiger partial charge >= 0.3 is 0 Å². The van der Waals surface area contributed by atoms with Crippen LogP contribution in [0.5, 0.6) is 0 Å². The van der Waals surface area contributed by atoms with Gasteiger partial charge in [-0.25, -0.2) is 4.98 Å². The van der Waals surface area contributed by atoms with E-state index in [1.165, 1.54) is 23.1 Å². The smallest absolute Gasteiger partial charge is 0.272 e. The predicted molar refractivity (Wildman–Crippen MR) is 180 cm³/mol. The van der Waals surface area contributed by atoms with Crippen molar-refractivity contribution in [2.45, 2.75) is 17.1 Å². The van der Waals surface area contributed by atoms with Gasteiger partial charge in [-0.3, -0.25) is 14.4 Å². The van der Waals surface area contributed by atoms with Gasteiger partial charge < -0.3 is 16.0 Å². The Morgan fingerprint density at radius 3 is 2.34 bits per heavy atom. The SMILES string of the molecule is CC(Sc1cccc(NC(=O)/C(=C/c2cccc(Cl)c2)NC(=O)c2ccccc2)c1)C(=O)Nc1nc(-c2ccccc2)cs1. The molecule has 0 saturated heterocycles. The van der Waals surface area contributed by atoms with Gasteiger partial charge in [-0.05, 0) is 61.0 Å². The number of thiazole rings is 1. The van der Waals surface area contributed by atoms with Crippen LogP contribution in [0.15, 0.2) is 125 Å². The minimum atomic E-state index is -0.514. The van der Waals surface area contributed by atoms with E-state index in [1.807, 2.05) is 54.8 Å². The fourth-order valence-corrected chi connectivity index (χ4v) is 5.94. The first-order valence-corrected chi connectivity index (χ1v) is 15.7. The zero-order chi connectivity index (χ0) is 30.9. The first kappa shape index (κ1) is 30.7. The molecule has 0 spiro atoms. The van der Waals surface area contributed by atoms with Crippen molar-refractivity contribution in [2.24, 2.45) is 0 Å². The second-order valence-electron chi connectivity index (χ2n) is 9.57. The van der Waals surface area contributed by atoms with E-state index < -0.39 is 17.1 Å². The van der Waals surface area contributed by atoms with Gasteiger partial charge in [-0.15, -0.1) is 23.1 Å². The summed E-state index contributed by atoms with van der Waals surface area (Å²) >= 11 is 8.86. The van der Waals surface area contributed by atoms with Crippen LogP contribution in [0.1, 0.15) is 22.8 Å². The van der Waals surface area contributed by atoms with Gasteiger partial charge in [0, 0.05) is 32.1 Å². The number of thioether (sulfide) groups is 1. The Labute approximate surface area is 268 Å². The summed E-state index contributed by atoms with van der Waals surface area (Å²) in [5.74, 6) is -1.12. The summed E-state index contributed by atoms with van der Waals surface area (Å²) in [6.45, 7) is 1.81. The highest BCUT2D eigenvalue weighted by molar-refractivity contribution is 8.00. The predicted octanol–water partition coefficient (Wildman–Crippen LogP) is 7.99. The Kier molecular flexibility index (Phi) is 10.2. The minimum Gasteiger partial charge on any atom is -0.321 e. The van der Waals surface area contributed by atoms with Crippen molar-refractivity contribution in [2.75, 3.05) is 10.6 Å². The molecule has 4 aromatic carbocycles. The van der Waals surface area contributed by atoms with E-state index in [-0.39, 0.29) is 11.6 Å². The Hall–Kier alpha value is -4.70. The molecule has 1 unspecified atom stereocenters. The average molecular weight is 639 g/mol. The number of rotatable bonds is 10. The molecule has 1 aromatic heterocycles. The van der Waals surface area contributed by atoms with Crippen molar-refractivity contribution < 1.29 is 14.4 Å². The lowest BCUT2D eigenvalue weighted by Crippen LogP contribution is -2.30. The summed E-state index contributed by atoms with van der Waals surface area (Å²) in [6, 6.07) is 32.5. The van der Waals surface area contributed by atoms with E-state index in [2.05, 4.69) is 20.9 Å². The van der Waals surface area contributed by atoms with Gasteiger partial charge in [0.15, 0.2) is 5.13 Å². The molecular weight excluding hydrogens is 612 g/mol. The summed E-state index contributed by atoms with van der Waals surface area (Å²) in [6.07, 6.45) is 1.56. The average Bonchev–Trinajstić information content (AvgIpc) is 3.50. The molecule has 5 aromatic rings. The summed E-state index contributed by atoms with van der Waals surface area (Å²) in [5, 5.41) is 11.0. The van der Waals surface area contributed by atoms with E-state index in [9.17, 15) is 14.4 Å². The van der Waals surface area contributed by atoms with Gasteiger partial charge in [0.05, 0.1) is 10.9 Å². The third-order valence-corrected chi connectivity index (χ3v) is 8.35. The molecule has 44 heavy (non-hydrogen) atoms. The highest BCUT2D eigenvalue weighted by atomic mass is 35.5. The fraction of sp³-hybridized carbons (Fsp3) is 0.0588. The van der Waals surface area contributed by atoms with Gasteiger partial charge in [-0.1, -0.05) is 78.3 Å². The van der Waals surface area contributed by atoms with E-state index >= 15 is 0 Å². The Bertz CT molecular complexity index is 1810. The van der Waals surface area contributed by atoms with Crippen LogP contribution in [0.25, 0.3) is 17.3 Å². The van der Waals surface area contributed by atoms with Gasteiger partial charge in [-0.2, -0.15) is 0 Å². The zero-order valence-corrected chi connectivity index (χ0v) is 25.9. The quantitative estimate of drug-likeness (QED) is 0.106. The van der Waals surface area contributed by atoms with Gasteiger partial charge in [0.25, 0.3) is 11.8 Å². The van der Waals surface area contributed by atoms with Crippen LogP contribution in [0.4, 0.5) is 10.8 Å². The van der Waals surface area contributed by atoms with E-state index in [0.717, 1.165) is 16.2 Å². The van der Waals surface area contributed by atoms with Gasteiger partial charge in [0.2, 0.25) is 5.91 Å². The van der Waals surface area contributed by atoms with Crippen LogP contribution in [0.2, 0.25) is 5.02 Å². The molecule has 7 nitrogen and oxygen atoms in total. The largest absolute Gasteiger partial charge is 0.321 e.